The number of carbonyl (C=O) groups is 1. The first-order chi connectivity index (χ1) is 12.5. The quantitative estimate of drug-likeness (QED) is 0.535. The number of aromatic nitrogens is 2. The Labute approximate surface area is 156 Å². The summed E-state index contributed by atoms with van der Waals surface area (Å²) in [4.78, 5) is 30.3. The van der Waals surface area contributed by atoms with Crippen molar-refractivity contribution in [3.05, 3.63) is 62.2 Å². The molecule has 2 heterocycles. The Bertz CT molecular complexity index is 1040. The van der Waals surface area contributed by atoms with Gasteiger partial charge in [-0.25, -0.2) is 14.8 Å². The van der Waals surface area contributed by atoms with Gasteiger partial charge in [-0.3, -0.25) is 14.2 Å². The molecule has 1 N–H and O–H groups in total. The smallest absolute Gasteiger partial charge is 0.262 e. The van der Waals surface area contributed by atoms with E-state index < -0.39 is 11.7 Å². The van der Waals surface area contributed by atoms with Crippen LogP contribution in [0.15, 0.2) is 40.5 Å². The second-order valence-electron chi connectivity index (χ2n) is 5.39. The molecule has 0 saturated carbocycles. The van der Waals surface area contributed by atoms with Crippen molar-refractivity contribution in [3.63, 3.8) is 0 Å². The van der Waals surface area contributed by atoms with Crippen LogP contribution in [0.5, 0.6) is 0 Å². The van der Waals surface area contributed by atoms with E-state index in [-0.39, 0.29) is 22.7 Å². The summed E-state index contributed by atoms with van der Waals surface area (Å²) in [6.45, 7) is 1.75. The largest absolute Gasteiger partial charge is 0.289 e. The fourth-order valence-corrected chi connectivity index (χ4v) is 3.43. The fraction of sp³-hybridized carbons (Fsp3) is 0.176. The fourth-order valence-electron chi connectivity index (χ4n) is 2.29. The van der Waals surface area contributed by atoms with Crippen LogP contribution in [0.3, 0.4) is 0 Å². The van der Waals surface area contributed by atoms with Gasteiger partial charge in [0.2, 0.25) is 0 Å². The third-order valence-electron chi connectivity index (χ3n) is 3.61. The molecule has 0 fully saturated rings. The number of hydrogen-bond acceptors (Lipinski definition) is 5. The predicted molar refractivity (Wildman–Crippen MR) is 100 cm³/mol. The van der Waals surface area contributed by atoms with E-state index in [9.17, 15) is 14.0 Å². The molecule has 3 aromatic rings. The van der Waals surface area contributed by atoms with Crippen molar-refractivity contribution in [1.29, 1.82) is 0 Å². The first-order valence-corrected chi connectivity index (χ1v) is 8.92. The van der Waals surface area contributed by atoms with Gasteiger partial charge in [0.1, 0.15) is 17.2 Å². The van der Waals surface area contributed by atoms with Gasteiger partial charge in [0.15, 0.2) is 0 Å². The Kier molecular flexibility index (Phi) is 5.43. The number of amides is 1. The van der Waals surface area contributed by atoms with E-state index in [1.165, 1.54) is 40.4 Å². The van der Waals surface area contributed by atoms with Crippen LogP contribution in [0.4, 0.5) is 4.39 Å². The molecule has 0 aliphatic carbocycles. The molecule has 26 heavy (non-hydrogen) atoms. The summed E-state index contributed by atoms with van der Waals surface area (Å²) in [5, 5.41) is 4.35. The second kappa shape index (κ2) is 7.76. The van der Waals surface area contributed by atoms with E-state index in [2.05, 4.69) is 15.5 Å². The normalized spacial score (nSPS) is 11.3. The van der Waals surface area contributed by atoms with Gasteiger partial charge in [0.25, 0.3) is 11.5 Å². The lowest BCUT2D eigenvalue weighted by atomic mass is 10.2. The highest BCUT2D eigenvalue weighted by Gasteiger charge is 2.11. The van der Waals surface area contributed by atoms with Gasteiger partial charge in [-0.2, -0.15) is 5.10 Å². The Hall–Kier alpha value is -2.58. The molecule has 1 aromatic carbocycles. The van der Waals surface area contributed by atoms with Crippen LogP contribution >= 0.6 is 22.9 Å². The van der Waals surface area contributed by atoms with Crippen LogP contribution in [0.2, 0.25) is 5.02 Å². The number of nitrogens with zero attached hydrogens (tertiary/aromatic N) is 3. The first-order valence-electron chi connectivity index (χ1n) is 7.73. The molecule has 0 radical (unpaired) electrons. The average molecular weight is 393 g/mol. The van der Waals surface area contributed by atoms with Crippen LogP contribution in [-0.4, -0.2) is 21.7 Å². The Morgan fingerprint density at radius 2 is 2.31 bits per heavy atom. The molecule has 0 saturated heterocycles. The highest BCUT2D eigenvalue weighted by Crippen LogP contribution is 2.21. The third kappa shape index (κ3) is 3.81. The molecule has 0 atom stereocenters. The lowest BCUT2D eigenvalue weighted by Crippen LogP contribution is -2.29. The number of aryl methyl sites for hydroxylation is 1. The Balaban J connectivity index is 1.72. The molecule has 0 aliphatic heterocycles. The number of thiophene rings is 1. The van der Waals surface area contributed by atoms with E-state index in [1.54, 1.807) is 6.07 Å². The van der Waals surface area contributed by atoms with Crippen LogP contribution in [-0.2, 0) is 17.8 Å². The highest BCUT2D eigenvalue weighted by molar-refractivity contribution is 7.18. The number of benzene rings is 1. The van der Waals surface area contributed by atoms with Gasteiger partial charge in [-0.05, 0) is 24.6 Å². The molecular formula is C17H14ClFN4O2S. The van der Waals surface area contributed by atoms with Gasteiger partial charge in [0, 0.05) is 10.4 Å². The number of carbonyl (C=O) groups excluding carboxylic acids is 1. The number of rotatable bonds is 5. The van der Waals surface area contributed by atoms with E-state index in [1.807, 2.05) is 6.92 Å². The SMILES string of the molecule is CCc1cc2c(=O)n(CC(=O)N/N=C\c3c(F)cccc3Cl)cnc2s1. The van der Waals surface area contributed by atoms with Gasteiger partial charge in [0.05, 0.1) is 23.0 Å². The zero-order chi connectivity index (χ0) is 18.7. The van der Waals surface area contributed by atoms with Crippen molar-refractivity contribution in [2.75, 3.05) is 0 Å². The lowest BCUT2D eigenvalue weighted by molar-refractivity contribution is -0.121. The third-order valence-corrected chi connectivity index (χ3v) is 5.13. The molecular weight excluding hydrogens is 379 g/mol. The van der Waals surface area contributed by atoms with Crippen LogP contribution in [0.1, 0.15) is 17.4 Å². The zero-order valence-electron chi connectivity index (χ0n) is 13.7. The van der Waals surface area contributed by atoms with Crippen molar-refractivity contribution >= 4 is 45.3 Å². The van der Waals surface area contributed by atoms with Crippen molar-refractivity contribution in [1.82, 2.24) is 15.0 Å². The maximum Gasteiger partial charge on any atom is 0.262 e. The van der Waals surface area contributed by atoms with E-state index in [4.69, 9.17) is 11.6 Å². The molecule has 0 bridgehead atoms. The van der Waals surface area contributed by atoms with Gasteiger partial charge < -0.3 is 0 Å². The molecule has 0 spiro atoms. The van der Waals surface area contributed by atoms with Gasteiger partial charge in [-0.15, -0.1) is 11.3 Å². The number of fused-ring (bicyclic) bond motifs is 1. The van der Waals surface area contributed by atoms with Crippen molar-refractivity contribution < 1.29 is 9.18 Å². The molecule has 0 unspecified atom stereocenters. The standard InChI is InChI=1S/C17H14ClFN4O2S/c1-2-10-6-11-16(26-10)20-9-23(17(11)25)8-15(24)22-21-7-12-13(18)4-3-5-14(12)19/h3-7,9H,2,8H2,1H3,(H,22,24)/b21-7-. The van der Waals surface area contributed by atoms with Gasteiger partial charge >= 0.3 is 0 Å². The summed E-state index contributed by atoms with van der Waals surface area (Å²) in [7, 11) is 0. The minimum Gasteiger partial charge on any atom is -0.289 e. The molecule has 6 nitrogen and oxygen atoms in total. The topological polar surface area (TPSA) is 76.3 Å². The van der Waals surface area contributed by atoms with Crippen LogP contribution in [0.25, 0.3) is 10.2 Å². The predicted octanol–water partition coefficient (Wildman–Crippen LogP) is 2.96. The summed E-state index contributed by atoms with van der Waals surface area (Å²) in [5.74, 6) is -1.09. The average Bonchev–Trinajstić information content (AvgIpc) is 3.04. The summed E-state index contributed by atoms with van der Waals surface area (Å²) in [6, 6.07) is 6.01. The van der Waals surface area contributed by atoms with Crippen molar-refractivity contribution in [2.45, 2.75) is 19.9 Å². The molecule has 1 amide bonds. The maximum absolute atomic E-state index is 13.6. The van der Waals surface area contributed by atoms with Crippen molar-refractivity contribution in [2.24, 2.45) is 5.10 Å². The Morgan fingerprint density at radius 1 is 1.50 bits per heavy atom. The first kappa shape index (κ1) is 18.2. The van der Waals surface area contributed by atoms with Crippen LogP contribution < -0.4 is 11.0 Å². The number of hydrazone groups is 1. The highest BCUT2D eigenvalue weighted by atomic mass is 35.5. The number of hydrogen-bond donors (Lipinski definition) is 1. The summed E-state index contributed by atoms with van der Waals surface area (Å²) >= 11 is 7.32. The Morgan fingerprint density at radius 3 is 3.04 bits per heavy atom. The number of nitrogens with one attached hydrogen (secondary N) is 1. The molecule has 3 rings (SSSR count). The van der Waals surface area contributed by atoms with E-state index in [0.717, 1.165) is 17.5 Å². The molecule has 134 valence electrons. The summed E-state index contributed by atoms with van der Waals surface area (Å²) in [6.07, 6.45) is 3.26. The summed E-state index contributed by atoms with van der Waals surface area (Å²) in [5.41, 5.74) is 2.03. The number of halogens is 2. The molecule has 2 aromatic heterocycles. The van der Waals surface area contributed by atoms with Gasteiger partial charge in [-0.1, -0.05) is 24.6 Å². The second-order valence-corrected chi connectivity index (χ2v) is 6.91. The molecule has 0 aliphatic rings. The van der Waals surface area contributed by atoms with E-state index in [0.29, 0.717) is 10.2 Å². The monoisotopic (exact) mass is 392 g/mol. The van der Waals surface area contributed by atoms with Crippen LogP contribution in [0, 0.1) is 5.82 Å². The summed E-state index contributed by atoms with van der Waals surface area (Å²) < 4.78 is 14.8. The molecule has 9 heteroatoms. The minimum atomic E-state index is -0.550. The maximum atomic E-state index is 13.6. The minimum absolute atomic E-state index is 0.0695. The van der Waals surface area contributed by atoms with E-state index >= 15 is 0 Å². The van der Waals surface area contributed by atoms with Crippen molar-refractivity contribution in [3.8, 4) is 0 Å². The lowest BCUT2D eigenvalue weighted by Gasteiger charge is -2.04. The zero-order valence-corrected chi connectivity index (χ0v) is 15.3.